The van der Waals surface area contributed by atoms with E-state index in [9.17, 15) is 4.79 Å². The first-order chi connectivity index (χ1) is 8.61. The molecule has 0 aromatic carbocycles. The Hall–Kier alpha value is -1.07. The maximum absolute atomic E-state index is 12.1. The van der Waals surface area contributed by atoms with Crippen LogP contribution >= 0.6 is 27.3 Å². The zero-order chi connectivity index (χ0) is 13.1. The molecule has 0 unspecified atom stereocenters. The SMILES string of the molecule is CCn1cc(Br)cc1C(=O)NCc1cscc1C. The number of hydrogen-bond donors (Lipinski definition) is 1. The first kappa shape index (κ1) is 13.4. The Kier molecular flexibility index (Phi) is 4.24. The Morgan fingerprint density at radius 2 is 2.28 bits per heavy atom. The summed E-state index contributed by atoms with van der Waals surface area (Å²) in [5, 5.41) is 7.12. The fraction of sp³-hybridized carbons (Fsp3) is 0.308. The lowest BCUT2D eigenvalue weighted by Crippen LogP contribution is -2.25. The van der Waals surface area contributed by atoms with E-state index in [2.05, 4.69) is 38.9 Å². The highest BCUT2D eigenvalue weighted by Crippen LogP contribution is 2.16. The van der Waals surface area contributed by atoms with Crippen LogP contribution in [0.5, 0.6) is 0 Å². The summed E-state index contributed by atoms with van der Waals surface area (Å²) in [4.78, 5) is 12.1. The van der Waals surface area contributed by atoms with E-state index in [1.165, 1.54) is 11.1 Å². The molecule has 2 aromatic rings. The van der Waals surface area contributed by atoms with Gasteiger partial charge in [0.1, 0.15) is 5.69 Å². The number of hydrogen-bond acceptors (Lipinski definition) is 2. The van der Waals surface area contributed by atoms with Crippen LogP contribution in [0.4, 0.5) is 0 Å². The highest BCUT2D eigenvalue weighted by atomic mass is 79.9. The average molecular weight is 327 g/mol. The number of nitrogens with one attached hydrogen (secondary N) is 1. The number of aryl methyl sites for hydroxylation is 2. The third-order valence-corrected chi connectivity index (χ3v) is 4.18. The van der Waals surface area contributed by atoms with Gasteiger partial charge in [0.25, 0.3) is 5.91 Å². The van der Waals surface area contributed by atoms with Crippen LogP contribution in [-0.4, -0.2) is 10.5 Å². The summed E-state index contributed by atoms with van der Waals surface area (Å²) < 4.78 is 2.86. The summed E-state index contributed by atoms with van der Waals surface area (Å²) in [5.41, 5.74) is 3.10. The molecule has 0 saturated carbocycles. The Balaban J connectivity index is 2.06. The number of carbonyl (C=O) groups is 1. The molecular formula is C13H15BrN2OS. The minimum Gasteiger partial charge on any atom is -0.347 e. The van der Waals surface area contributed by atoms with Gasteiger partial charge in [-0.2, -0.15) is 11.3 Å². The maximum atomic E-state index is 12.1. The molecule has 1 amide bonds. The summed E-state index contributed by atoms with van der Waals surface area (Å²) >= 11 is 5.06. The molecule has 0 spiro atoms. The first-order valence-corrected chi connectivity index (χ1v) is 7.51. The average Bonchev–Trinajstić information content (AvgIpc) is 2.92. The van der Waals surface area contributed by atoms with Crippen molar-refractivity contribution in [3.8, 4) is 0 Å². The maximum Gasteiger partial charge on any atom is 0.268 e. The lowest BCUT2D eigenvalue weighted by molar-refractivity contribution is 0.0942. The van der Waals surface area contributed by atoms with Crippen molar-refractivity contribution in [1.82, 2.24) is 9.88 Å². The Morgan fingerprint density at radius 1 is 1.50 bits per heavy atom. The van der Waals surface area contributed by atoms with Crippen LogP contribution in [0.15, 0.2) is 27.5 Å². The van der Waals surface area contributed by atoms with Gasteiger partial charge in [-0.1, -0.05) is 0 Å². The summed E-state index contributed by atoms with van der Waals surface area (Å²) in [5.74, 6) is -0.0341. The zero-order valence-corrected chi connectivity index (χ0v) is 12.8. The van der Waals surface area contributed by atoms with E-state index in [4.69, 9.17) is 0 Å². The molecule has 0 aliphatic carbocycles. The zero-order valence-electron chi connectivity index (χ0n) is 10.4. The van der Waals surface area contributed by atoms with Gasteiger partial charge in [0.15, 0.2) is 0 Å². The van der Waals surface area contributed by atoms with Crippen LogP contribution in [0.2, 0.25) is 0 Å². The van der Waals surface area contributed by atoms with Gasteiger partial charge in [0.05, 0.1) is 0 Å². The number of carbonyl (C=O) groups excluding carboxylic acids is 1. The Morgan fingerprint density at radius 3 is 2.89 bits per heavy atom. The number of nitrogens with zero attached hydrogens (tertiary/aromatic N) is 1. The molecule has 0 aliphatic heterocycles. The normalized spacial score (nSPS) is 10.6. The predicted molar refractivity (Wildman–Crippen MR) is 78.0 cm³/mol. The van der Waals surface area contributed by atoms with Crippen LogP contribution in [0, 0.1) is 6.92 Å². The van der Waals surface area contributed by atoms with E-state index in [0.29, 0.717) is 12.2 Å². The molecule has 96 valence electrons. The van der Waals surface area contributed by atoms with Crippen molar-refractivity contribution in [2.75, 3.05) is 0 Å². The molecule has 0 atom stereocenters. The topological polar surface area (TPSA) is 34.0 Å². The summed E-state index contributed by atoms with van der Waals surface area (Å²) in [6, 6.07) is 1.85. The van der Waals surface area contributed by atoms with Crippen LogP contribution in [0.3, 0.4) is 0 Å². The van der Waals surface area contributed by atoms with Gasteiger partial charge in [-0.3, -0.25) is 4.79 Å². The minimum absolute atomic E-state index is 0.0341. The highest BCUT2D eigenvalue weighted by molar-refractivity contribution is 9.10. The number of thiophene rings is 1. The van der Waals surface area contributed by atoms with E-state index in [1.807, 2.05) is 23.8 Å². The number of rotatable bonds is 4. The van der Waals surface area contributed by atoms with E-state index in [0.717, 1.165) is 11.0 Å². The van der Waals surface area contributed by atoms with Crippen molar-refractivity contribution in [3.05, 3.63) is 44.3 Å². The molecule has 2 heterocycles. The van der Waals surface area contributed by atoms with Crippen molar-refractivity contribution < 1.29 is 4.79 Å². The van der Waals surface area contributed by atoms with E-state index >= 15 is 0 Å². The van der Waals surface area contributed by atoms with Crippen molar-refractivity contribution in [2.45, 2.75) is 26.9 Å². The molecule has 0 aliphatic rings. The van der Waals surface area contributed by atoms with Gasteiger partial charge >= 0.3 is 0 Å². The molecule has 0 saturated heterocycles. The molecule has 5 heteroatoms. The van der Waals surface area contributed by atoms with Gasteiger partial charge in [-0.15, -0.1) is 0 Å². The second kappa shape index (κ2) is 5.71. The van der Waals surface area contributed by atoms with Crippen LogP contribution in [-0.2, 0) is 13.1 Å². The van der Waals surface area contributed by atoms with Crippen LogP contribution in [0.25, 0.3) is 0 Å². The highest BCUT2D eigenvalue weighted by Gasteiger charge is 2.12. The standard InChI is InChI=1S/C13H15BrN2OS/c1-3-16-6-11(14)4-12(16)13(17)15-5-10-8-18-7-9(10)2/h4,6-8H,3,5H2,1-2H3,(H,15,17). The van der Waals surface area contributed by atoms with Gasteiger partial charge in [0.2, 0.25) is 0 Å². The summed E-state index contributed by atoms with van der Waals surface area (Å²) in [6.07, 6.45) is 1.92. The van der Waals surface area contributed by atoms with Gasteiger partial charge < -0.3 is 9.88 Å². The molecule has 3 nitrogen and oxygen atoms in total. The smallest absolute Gasteiger partial charge is 0.268 e. The largest absolute Gasteiger partial charge is 0.347 e. The van der Waals surface area contributed by atoms with Gasteiger partial charge in [-0.05, 0) is 57.7 Å². The molecule has 2 rings (SSSR count). The summed E-state index contributed by atoms with van der Waals surface area (Å²) in [6.45, 7) is 5.45. The predicted octanol–water partition coefficient (Wildman–Crippen LogP) is 3.57. The minimum atomic E-state index is -0.0341. The second-order valence-electron chi connectivity index (χ2n) is 4.09. The molecule has 1 N–H and O–H groups in total. The summed E-state index contributed by atoms with van der Waals surface area (Å²) in [7, 11) is 0. The Labute approximate surface area is 119 Å². The van der Waals surface area contributed by atoms with Gasteiger partial charge in [-0.25, -0.2) is 0 Å². The van der Waals surface area contributed by atoms with Crippen molar-refractivity contribution in [1.29, 1.82) is 0 Å². The lowest BCUT2D eigenvalue weighted by Gasteiger charge is -2.07. The van der Waals surface area contributed by atoms with Crippen molar-refractivity contribution in [2.24, 2.45) is 0 Å². The number of aromatic nitrogens is 1. The number of amides is 1. The third-order valence-electron chi connectivity index (χ3n) is 2.84. The molecule has 0 fully saturated rings. The fourth-order valence-electron chi connectivity index (χ4n) is 1.76. The molecule has 2 aromatic heterocycles. The third kappa shape index (κ3) is 2.84. The molecular weight excluding hydrogens is 312 g/mol. The van der Waals surface area contributed by atoms with Crippen LogP contribution in [0.1, 0.15) is 28.5 Å². The van der Waals surface area contributed by atoms with E-state index < -0.39 is 0 Å². The first-order valence-electron chi connectivity index (χ1n) is 5.77. The number of halogens is 1. The second-order valence-corrected chi connectivity index (χ2v) is 5.75. The van der Waals surface area contributed by atoms with E-state index in [1.54, 1.807) is 11.3 Å². The van der Waals surface area contributed by atoms with Crippen LogP contribution < -0.4 is 5.32 Å². The quantitative estimate of drug-likeness (QED) is 0.915. The fourth-order valence-corrected chi connectivity index (χ4v) is 3.08. The molecule has 18 heavy (non-hydrogen) atoms. The molecule has 0 radical (unpaired) electrons. The van der Waals surface area contributed by atoms with Crippen molar-refractivity contribution >= 4 is 33.2 Å². The van der Waals surface area contributed by atoms with E-state index in [-0.39, 0.29) is 5.91 Å². The molecule has 0 bridgehead atoms. The van der Waals surface area contributed by atoms with Crippen molar-refractivity contribution in [3.63, 3.8) is 0 Å². The lowest BCUT2D eigenvalue weighted by atomic mass is 10.2. The van der Waals surface area contributed by atoms with Gasteiger partial charge in [0, 0.05) is 23.8 Å². The Bertz CT molecular complexity index is 559. The monoisotopic (exact) mass is 326 g/mol.